The van der Waals surface area contributed by atoms with Gasteiger partial charge in [-0.25, -0.2) is 4.39 Å². The topological polar surface area (TPSA) is 0 Å². The van der Waals surface area contributed by atoms with Gasteiger partial charge >= 0.3 is 0 Å². The lowest BCUT2D eigenvalue weighted by Crippen LogP contribution is -1.88. The smallest absolute Gasteiger partial charge is 0.126 e. The lowest BCUT2D eigenvalue weighted by Gasteiger charge is -2.08. The summed E-state index contributed by atoms with van der Waals surface area (Å²) in [5.41, 5.74) is 4.22. The first kappa shape index (κ1) is 11.8. The monoisotopic (exact) mass is 228 g/mol. The molecular weight excluding hydrogens is 211 g/mol. The van der Waals surface area contributed by atoms with Crippen molar-refractivity contribution >= 4 is 0 Å². The van der Waals surface area contributed by atoms with E-state index in [0.717, 1.165) is 11.1 Å². The van der Waals surface area contributed by atoms with Gasteiger partial charge in [-0.05, 0) is 47.2 Å². The van der Waals surface area contributed by atoms with E-state index in [1.807, 2.05) is 12.1 Å². The lowest BCUT2D eigenvalue weighted by molar-refractivity contribution is 0.619. The Kier molecular flexibility index (Phi) is 3.28. The van der Waals surface area contributed by atoms with Crippen LogP contribution in [0, 0.1) is 12.7 Å². The van der Waals surface area contributed by atoms with E-state index in [2.05, 4.69) is 38.1 Å². The Balaban J connectivity index is 2.36. The molecule has 0 unspecified atom stereocenters. The Morgan fingerprint density at radius 2 is 1.47 bits per heavy atom. The third kappa shape index (κ3) is 2.55. The number of aryl methyl sites for hydroxylation is 1. The summed E-state index contributed by atoms with van der Waals surface area (Å²) in [5.74, 6) is 0.395. The molecule has 0 aliphatic rings. The van der Waals surface area contributed by atoms with E-state index in [-0.39, 0.29) is 5.82 Å². The highest BCUT2D eigenvalue weighted by Crippen LogP contribution is 2.24. The van der Waals surface area contributed by atoms with Gasteiger partial charge < -0.3 is 0 Å². The van der Waals surface area contributed by atoms with Crippen LogP contribution < -0.4 is 0 Å². The second-order valence-corrected chi connectivity index (χ2v) is 4.74. The summed E-state index contributed by atoms with van der Waals surface area (Å²) in [6.07, 6.45) is 0. The van der Waals surface area contributed by atoms with Crippen molar-refractivity contribution in [3.05, 3.63) is 59.4 Å². The molecule has 0 aromatic heterocycles. The van der Waals surface area contributed by atoms with E-state index in [1.165, 1.54) is 11.6 Å². The highest BCUT2D eigenvalue weighted by Gasteiger charge is 2.03. The summed E-state index contributed by atoms with van der Waals surface area (Å²) in [5, 5.41) is 0. The maximum Gasteiger partial charge on any atom is 0.126 e. The first-order valence-corrected chi connectivity index (χ1v) is 5.94. The van der Waals surface area contributed by atoms with Crippen molar-refractivity contribution in [1.82, 2.24) is 0 Å². The first-order valence-electron chi connectivity index (χ1n) is 5.94. The molecular formula is C16H17F. The third-order valence-electron chi connectivity index (χ3n) is 3.07. The summed E-state index contributed by atoms with van der Waals surface area (Å²) < 4.78 is 13.2. The van der Waals surface area contributed by atoms with Gasteiger partial charge in [0.2, 0.25) is 0 Å². The van der Waals surface area contributed by atoms with E-state index >= 15 is 0 Å². The van der Waals surface area contributed by atoms with Crippen molar-refractivity contribution in [3.8, 4) is 11.1 Å². The molecule has 0 nitrogen and oxygen atoms in total. The summed E-state index contributed by atoms with van der Waals surface area (Å²) in [7, 11) is 0. The van der Waals surface area contributed by atoms with Gasteiger partial charge in [0.1, 0.15) is 5.82 Å². The molecule has 0 fully saturated rings. The number of halogens is 1. The molecule has 0 amide bonds. The second-order valence-electron chi connectivity index (χ2n) is 4.74. The molecule has 0 spiro atoms. The zero-order chi connectivity index (χ0) is 12.4. The predicted octanol–water partition coefficient (Wildman–Crippen LogP) is 4.92. The fourth-order valence-electron chi connectivity index (χ4n) is 1.88. The average Bonchev–Trinajstić information content (AvgIpc) is 2.33. The van der Waals surface area contributed by atoms with Crippen LogP contribution in [-0.2, 0) is 0 Å². The fraction of sp³-hybridized carbons (Fsp3) is 0.250. The zero-order valence-electron chi connectivity index (χ0n) is 10.5. The lowest BCUT2D eigenvalue weighted by atomic mass is 9.98. The molecule has 0 radical (unpaired) electrons. The van der Waals surface area contributed by atoms with Crippen molar-refractivity contribution in [2.45, 2.75) is 26.7 Å². The van der Waals surface area contributed by atoms with Crippen LogP contribution in [0.5, 0.6) is 0 Å². The molecule has 0 aliphatic carbocycles. The van der Waals surface area contributed by atoms with Crippen molar-refractivity contribution in [2.24, 2.45) is 0 Å². The van der Waals surface area contributed by atoms with Gasteiger partial charge in [0.25, 0.3) is 0 Å². The summed E-state index contributed by atoms with van der Waals surface area (Å²) in [6, 6.07) is 13.7. The zero-order valence-corrected chi connectivity index (χ0v) is 10.5. The number of rotatable bonds is 2. The fourth-order valence-corrected chi connectivity index (χ4v) is 1.88. The van der Waals surface area contributed by atoms with E-state index in [4.69, 9.17) is 0 Å². The Morgan fingerprint density at radius 1 is 0.882 bits per heavy atom. The normalized spacial score (nSPS) is 10.9. The van der Waals surface area contributed by atoms with E-state index in [0.29, 0.717) is 11.5 Å². The highest BCUT2D eigenvalue weighted by molar-refractivity contribution is 5.64. The minimum absolute atomic E-state index is 0.146. The van der Waals surface area contributed by atoms with Gasteiger partial charge in [-0.15, -0.1) is 0 Å². The van der Waals surface area contributed by atoms with Crippen LogP contribution in [0.1, 0.15) is 30.9 Å². The van der Waals surface area contributed by atoms with Crippen molar-refractivity contribution in [2.75, 3.05) is 0 Å². The van der Waals surface area contributed by atoms with Gasteiger partial charge in [0.15, 0.2) is 0 Å². The van der Waals surface area contributed by atoms with Gasteiger partial charge in [-0.3, -0.25) is 0 Å². The molecule has 0 atom stereocenters. The van der Waals surface area contributed by atoms with E-state index in [9.17, 15) is 4.39 Å². The minimum Gasteiger partial charge on any atom is -0.207 e. The Bertz CT molecular complexity index is 510. The largest absolute Gasteiger partial charge is 0.207 e. The molecule has 88 valence electrons. The average molecular weight is 228 g/mol. The molecule has 2 rings (SSSR count). The van der Waals surface area contributed by atoms with Gasteiger partial charge in [0.05, 0.1) is 0 Å². The Hall–Kier alpha value is -1.63. The molecule has 0 saturated heterocycles. The van der Waals surface area contributed by atoms with Crippen LogP contribution in [0.4, 0.5) is 4.39 Å². The first-order chi connectivity index (χ1) is 8.08. The SMILES string of the molecule is Cc1cc(-c2ccc(C(C)C)cc2)ccc1F. The highest BCUT2D eigenvalue weighted by atomic mass is 19.1. The molecule has 2 aromatic carbocycles. The standard InChI is InChI=1S/C16H17F/c1-11(2)13-4-6-14(7-5-13)15-8-9-16(17)12(3)10-15/h4-11H,1-3H3. The van der Waals surface area contributed by atoms with Crippen LogP contribution >= 0.6 is 0 Å². The van der Waals surface area contributed by atoms with Crippen LogP contribution in [0.2, 0.25) is 0 Å². The quantitative estimate of drug-likeness (QED) is 0.684. The molecule has 0 heterocycles. The maximum absolute atomic E-state index is 13.2. The van der Waals surface area contributed by atoms with E-state index in [1.54, 1.807) is 6.92 Å². The molecule has 0 bridgehead atoms. The summed E-state index contributed by atoms with van der Waals surface area (Å²) >= 11 is 0. The molecule has 0 N–H and O–H groups in total. The Labute approximate surface area is 102 Å². The number of hydrogen-bond donors (Lipinski definition) is 0. The van der Waals surface area contributed by atoms with Gasteiger partial charge in [0, 0.05) is 0 Å². The van der Waals surface area contributed by atoms with Crippen molar-refractivity contribution in [1.29, 1.82) is 0 Å². The molecule has 17 heavy (non-hydrogen) atoms. The molecule has 0 saturated carbocycles. The molecule has 0 aliphatic heterocycles. The van der Waals surface area contributed by atoms with E-state index < -0.39 is 0 Å². The van der Waals surface area contributed by atoms with Gasteiger partial charge in [-0.2, -0.15) is 0 Å². The minimum atomic E-state index is -0.146. The predicted molar refractivity (Wildman–Crippen MR) is 70.7 cm³/mol. The van der Waals surface area contributed by atoms with Crippen LogP contribution in [0.25, 0.3) is 11.1 Å². The third-order valence-corrected chi connectivity index (χ3v) is 3.07. The number of hydrogen-bond acceptors (Lipinski definition) is 0. The van der Waals surface area contributed by atoms with Crippen LogP contribution in [0.15, 0.2) is 42.5 Å². The van der Waals surface area contributed by atoms with Gasteiger partial charge in [-0.1, -0.05) is 44.2 Å². The van der Waals surface area contributed by atoms with Crippen molar-refractivity contribution < 1.29 is 4.39 Å². The van der Waals surface area contributed by atoms with Crippen molar-refractivity contribution in [3.63, 3.8) is 0 Å². The molecule has 1 heteroatoms. The van der Waals surface area contributed by atoms with Crippen LogP contribution in [-0.4, -0.2) is 0 Å². The summed E-state index contributed by atoms with van der Waals surface area (Å²) in [6.45, 7) is 6.15. The maximum atomic E-state index is 13.2. The summed E-state index contributed by atoms with van der Waals surface area (Å²) in [4.78, 5) is 0. The molecule has 2 aromatic rings. The second kappa shape index (κ2) is 4.70. The van der Waals surface area contributed by atoms with Crippen LogP contribution in [0.3, 0.4) is 0 Å². The number of benzene rings is 2. The Morgan fingerprint density at radius 3 is 2.00 bits per heavy atom.